The van der Waals surface area contributed by atoms with E-state index in [1.807, 2.05) is 37.3 Å². The van der Waals surface area contributed by atoms with E-state index < -0.39 is 0 Å². The number of nitrogens with one attached hydrogen (secondary N) is 1. The fraction of sp³-hybridized carbons (Fsp3) is 0.308. The van der Waals surface area contributed by atoms with E-state index in [1.165, 1.54) is 5.01 Å². The number of amidine groups is 1. The number of nitriles is 1. The molecule has 0 saturated heterocycles. The molecule has 92 valence electrons. The van der Waals surface area contributed by atoms with Gasteiger partial charge in [-0.05, 0) is 13.0 Å². The summed E-state index contributed by atoms with van der Waals surface area (Å²) in [5.41, 5.74) is 5.05. The van der Waals surface area contributed by atoms with E-state index >= 15 is 0 Å². The van der Waals surface area contributed by atoms with Crippen molar-refractivity contribution >= 4 is 11.7 Å². The van der Waals surface area contributed by atoms with Crippen LogP contribution < -0.4 is 5.43 Å². The summed E-state index contributed by atoms with van der Waals surface area (Å²) in [6.45, 7) is 2.51. The average molecular weight is 242 g/mol. The number of carbonyl (C=O) groups is 1. The largest absolute Gasteiger partial charge is 0.279 e. The number of rotatable bonds is 3. The summed E-state index contributed by atoms with van der Waals surface area (Å²) in [7, 11) is 0. The van der Waals surface area contributed by atoms with Crippen LogP contribution in [-0.4, -0.2) is 29.8 Å². The maximum absolute atomic E-state index is 11.6. The van der Waals surface area contributed by atoms with Crippen LogP contribution in [-0.2, 0) is 4.79 Å². The molecule has 0 aromatic heterocycles. The minimum Gasteiger partial charge on any atom is -0.279 e. The number of benzene rings is 1. The molecule has 0 saturated carbocycles. The molecular formula is C13H14N4O. The lowest BCUT2D eigenvalue weighted by molar-refractivity contribution is -0.132. The first kappa shape index (κ1) is 12.1. The van der Waals surface area contributed by atoms with Gasteiger partial charge in [0.15, 0.2) is 0 Å². The molecule has 0 aliphatic carbocycles. The summed E-state index contributed by atoms with van der Waals surface area (Å²) in [4.78, 5) is 15.8. The Morgan fingerprint density at radius 3 is 3.11 bits per heavy atom. The zero-order valence-corrected chi connectivity index (χ0v) is 10.2. The molecule has 5 nitrogen and oxygen atoms in total. The van der Waals surface area contributed by atoms with Crippen LogP contribution in [0.4, 0.5) is 0 Å². The van der Waals surface area contributed by atoms with Crippen LogP contribution in [0.1, 0.15) is 17.5 Å². The number of aliphatic imine (C=N–C) groups is 1. The van der Waals surface area contributed by atoms with Gasteiger partial charge in [0.25, 0.3) is 5.91 Å². The lowest BCUT2D eigenvalue weighted by Crippen LogP contribution is -2.51. The Balaban J connectivity index is 2.16. The minimum absolute atomic E-state index is 0.110. The molecule has 0 spiro atoms. The molecule has 1 aromatic rings. The first-order valence-corrected chi connectivity index (χ1v) is 5.76. The van der Waals surface area contributed by atoms with Crippen LogP contribution in [0, 0.1) is 18.3 Å². The van der Waals surface area contributed by atoms with E-state index in [0.29, 0.717) is 18.8 Å². The van der Waals surface area contributed by atoms with E-state index in [4.69, 9.17) is 5.26 Å². The second-order valence-electron chi connectivity index (χ2n) is 4.10. The van der Waals surface area contributed by atoms with Crippen molar-refractivity contribution in [2.75, 3.05) is 13.1 Å². The van der Waals surface area contributed by atoms with E-state index in [-0.39, 0.29) is 12.5 Å². The van der Waals surface area contributed by atoms with Crippen molar-refractivity contribution in [3.63, 3.8) is 0 Å². The molecule has 1 aliphatic rings. The molecule has 0 atom stereocenters. The number of hydrogen-bond donors (Lipinski definition) is 1. The maximum atomic E-state index is 11.6. The lowest BCUT2D eigenvalue weighted by Gasteiger charge is -2.27. The molecule has 0 fully saturated rings. The molecular weight excluding hydrogens is 228 g/mol. The van der Waals surface area contributed by atoms with E-state index in [0.717, 1.165) is 11.1 Å². The molecule has 1 aliphatic heterocycles. The standard InChI is InChI=1S/C13H14N4O/c1-10-4-2-5-11(8-10)13-15-9-12(18)17(16-13)7-3-6-14/h2,4-5,8H,3,7,9H2,1H3,(H,15,16). The summed E-state index contributed by atoms with van der Waals surface area (Å²) in [6, 6.07) is 9.93. The molecule has 1 heterocycles. The Morgan fingerprint density at radius 1 is 1.56 bits per heavy atom. The monoisotopic (exact) mass is 242 g/mol. The van der Waals surface area contributed by atoms with Gasteiger partial charge in [-0.15, -0.1) is 0 Å². The van der Waals surface area contributed by atoms with E-state index in [2.05, 4.69) is 10.4 Å². The minimum atomic E-state index is -0.110. The summed E-state index contributed by atoms with van der Waals surface area (Å²) < 4.78 is 0. The normalized spacial score (nSPS) is 14.8. The van der Waals surface area contributed by atoms with Crippen LogP contribution in [0.25, 0.3) is 0 Å². The molecule has 0 radical (unpaired) electrons. The number of carbonyl (C=O) groups excluding carboxylic acids is 1. The zero-order valence-electron chi connectivity index (χ0n) is 10.2. The maximum Gasteiger partial charge on any atom is 0.262 e. The number of aryl methyl sites for hydroxylation is 1. The molecule has 0 unspecified atom stereocenters. The summed E-state index contributed by atoms with van der Waals surface area (Å²) >= 11 is 0. The van der Waals surface area contributed by atoms with Gasteiger partial charge in [0, 0.05) is 5.56 Å². The van der Waals surface area contributed by atoms with Gasteiger partial charge in [-0.3, -0.25) is 20.2 Å². The van der Waals surface area contributed by atoms with Gasteiger partial charge in [0.05, 0.1) is 19.0 Å². The molecule has 5 heteroatoms. The van der Waals surface area contributed by atoms with Gasteiger partial charge in [-0.1, -0.05) is 23.8 Å². The summed E-state index contributed by atoms with van der Waals surface area (Å²) in [6.07, 6.45) is 0.305. The van der Waals surface area contributed by atoms with Crippen molar-refractivity contribution in [3.05, 3.63) is 35.4 Å². The number of hydrazine groups is 1. The van der Waals surface area contributed by atoms with Gasteiger partial charge < -0.3 is 0 Å². The third-order valence-electron chi connectivity index (χ3n) is 2.65. The molecule has 1 N–H and O–H groups in total. The molecule has 18 heavy (non-hydrogen) atoms. The van der Waals surface area contributed by atoms with Crippen LogP contribution in [0.3, 0.4) is 0 Å². The Hall–Kier alpha value is -2.35. The Labute approximate surface area is 106 Å². The summed E-state index contributed by atoms with van der Waals surface area (Å²) in [5.74, 6) is 0.567. The van der Waals surface area contributed by atoms with Crippen LogP contribution in [0.5, 0.6) is 0 Å². The molecule has 1 aromatic carbocycles. The van der Waals surface area contributed by atoms with E-state index in [1.54, 1.807) is 0 Å². The SMILES string of the molecule is Cc1cccc(C2=NCC(=O)N(CCC#N)N2)c1. The topological polar surface area (TPSA) is 68.5 Å². The van der Waals surface area contributed by atoms with Gasteiger partial charge in [0.2, 0.25) is 0 Å². The van der Waals surface area contributed by atoms with Crippen LogP contribution in [0.2, 0.25) is 0 Å². The van der Waals surface area contributed by atoms with E-state index in [9.17, 15) is 4.79 Å². The Bertz CT molecular complexity index is 530. The highest BCUT2D eigenvalue weighted by Crippen LogP contribution is 2.07. The number of amides is 1. The third-order valence-corrected chi connectivity index (χ3v) is 2.65. The van der Waals surface area contributed by atoms with Crippen molar-refractivity contribution < 1.29 is 4.79 Å². The quantitative estimate of drug-likeness (QED) is 0.859. The lowest BCUT2D eigenvalue weighted by atomic mass is 10.1. The second-order valence-corrected chi connectivity index (χ2v) is 4.10. The highest BCUT2D eigenvalue weighted by Gasteiger charge is 2.20. The molecule has 1 amide bonds. The first-order chi connectivity index (χ1) is 8.70. The predicted octanol–water partition coefficient (Wildman–Crippen LogP) is 1.00. The predicted molar refractivity (Wildman–Crippen MR) is 67.7 cm³/mol. The Kier molecular flexibility index (Phi) is 3.58. The highest BCUT2D eigenvalue weighted by atomic mass is 16.2. The fourth-order valence-electron chi connectivity index (χ4n) is 1.75. The average Bonchev–Trinajstić information content (AvgIpc) is 2.38. The van der Waals surface area contributed by atoms with Crippen LogP contribution in [0.15, 0.2) is 29.3 Å². The van der Waals surface area contributed by atoms with Crippen molar-refractivity contribution in [2.24, 2.45) is 4.99 Å². The van der Waals surface area contributed by atoms with Gasteiger partial charge in [-0.2, -0.15) is 5.26 Å². The molecule has 2 rings (SSSR count). The summed E-state index contributed by atoms with van der Waals surface area (Å²) in [5, 5.41) is 10.0. The van der Waals surface area contributed by atoms with Gasteiger partial charge in [0.1, 0.15) is 12.4 Å². The number of hydrogen-bond acceptors (Lipinski definition) is 4. The fourth-order valence-corrected chi connectivity index (χ4v) is 1.75. The highest BCUT2D eigenvalue weighted by molar-refractivity contribution is 6.02. The van der Waals surface area contributed by atoms with Crippen molar-refractivity contribution in [1.29, 1.82) is 5.26 Å². The smallest absolute Gasteiger partial charge is 0.262 e. The third kappa shape index (κ3) is 2.66. The second kappa shape index (κ2) is 5.32. The van der Waals surface area contributed by atoms with Gasteiger partial charge >= 0.3 is 0 Å². The van der Waals surface area contributed by atoms with Gasteiger partial charge in [-0.25, -0.2) is 0 Å². The number of nitrogens with zero attached hydrogens (tertiary/aromatic N) is 3. The zero-order chi connectivity index (χ0) is 13.0. The van der Waals surface area contributed by atoms with Crippen molar-refractivity contribution in [3.8, 4) is 6.07 Å². The van der Waals surface area contributed by atoms with Crippen molar-refractivity contribution in [2.45, 2.75) is 13.3 Å². The molecule has 0 bridgehead atoms. The van der Waals surface area contributed by atoms with Crippen LogP contribution >= 0.6 is 0 Å². The first-order valence-electron chi connectivity index (χ1n) is 5.76. The van der Waals surface area contributed by atoms with Crippen molar-refractivity contribution in [1.82, 2.24) is 10.4 Å². The Morgan fingerprint density at radius 2 is 2.39 bits per heavy atom.